The third-order valence-electron chi connectivity index (χ3n) is 5.99. The van der Waals surface area contributed by atoms with Gasteiger partial charge in [0.2, 0.25) is 5.95 Å². The van der Waals surface area contributed by atoms with Crippen LogP contribution in [0, 0.1) is 6.92 Å². The Hall–Kier alpha value is -6.13. The van der Waals surface area contributed by atoms with Crippen LogP contribution in [0.25, 0.3) is 38.6 Å². The Morgan fingerprint density at radius 1 is 0.766 bits per heavy atom. The van der Waals surface area contributed by atoms with E-state index in [-0.39, 0.29) is 0 Å². The highest BCUT2D eigenvalue weighted by atomic mass is 19.4. The van der Waals surface area contributed by atoms with E-state index in [0.29, 0.717) is 5.95 Å². The molecule has 0 aliphatic heterocycles. The summed E-state index contributed by atoms with van der Waals surface area (Å²) in [6.45, 7) is 1.87. The van der Waals surface area contributed by atoms with Crippen LogP contribution in [0.15, 0.2) is 91.5 Å². The molecule has 3 aromatic heterocycles. The number of fused-ring (bicyclic) bond motifs is 2. The number of alkyl halides is 6. The number of aromatic nitrogens is 6. The van der Waals surface area contributed by atoms with Gasteiger partial charge in [-0.25, -0.2) is 29.2 Å². The molecule has 242 valence electrons. The van der Waals surface area contributed by atoms with Gasteiger partial charge in [0.05, 0.1) is 16.7 Å². The van der Waals surface area contributed by atoms with Crippen molar-refractivity contribution >= 4 is 45.4 Å². The Kier molecular flexibility index (Phi) is 9.97. The molecule has 0 atom stereocenters. The van der Waals surface area contributed by atoms with Crippen LogP contribution in [0.4, 0.5) is 38.0 Å². The number of nitrogens with zero attached hydrogens (tertiary/aromatic N) is 6. The number of aliphatic carboxylic acids is 2. The number of aryl methyl sites for hydroxylation is 1. The van der Waals surface area contributed by atoms with E-state index in [2.05, 4.69) is 43.6 Å². The molecule has 0 unspecified atom stereocenters. The molecule has 3 N–H and O–H groups in total. The van der Waals surface area contributed by atoms with Crippen LogP contribution in [-0.4, -0.2) is 64.2 Å². The van der Waals surface area contributed by atoms with Crippen LogP contribution < -0.4 is 5.32 Å². The van der Waals surface area contributed by atoms with Crippen LogP contribution >= 0.6 is 0 Å². The molecular weight excluding hydrogens is 636 g/mol. The maximum atomic E-state index is 10.6. The molecule has 3 heterocycles. The van der Waals surface area contributed by atoms with E-state index in [0.717, 1.165) is 50.1 Å². The predicted octanol–water partition coefficient (Wildman–Crippen LogP) is 6.74. The monoisotopic (exact) mass is 657 g/mol. The molecule has 0 saturated carbocycles. The molecule has 0 fully saturated rings. The van der Waals surface area contributed by atoms with Crippen molar-refractivity contribution in [1.29, 1.82) is 0 Å². The van der Waals surface area contributed by atoms with Crippen LogP contribution in [0.2, 0.25) is 0 Å². The molecule has 6 aromatic rings. The highest BCUT2D eigenvalue weighted by molar-refractivity contribution is 5.96. The minimum atomic E-state index is -5.08. The second kappa shape index (κ2) is 13.9. The van der Waals surface area contributed by atoms with E-state index < -0.39 is 24.3 Å². The number of carboxylic acid groups (broad SMARTS) is 2. The van der Waals surface area contributed by atoms with Crippen molar-refractivity contribution in [3.63, 3.8) is 0 Å². The smallest absolute Gasteiger partial charge is 0.475 e. The second-order valence-corrected chi connectivity index (χ2v) is 9.37. The number of carbonyl (C=O) groups is 2. The fraction of sp³-hybridized carbons (Fsp3) is 0.100. The summed E-state index contributed by atoms with van der Waals surface area (Å²) in [6, 6.07) is 24.3. The van der Waals surface area contributed by atoms with E-state index in [1.54, 1.807) is 11.0 Å². The van der Waals surface area contributed by atoms with E-state index in [1.807, 2.05) is 73.9 Å². The number of hydrogen-bond acceptors (Lipinski definition) is 8. The van der Waals surface area contributed by atoms with Gasteiger partial charge in [0, 0.05) is 40.0 Å². The molecular formula is C30H21F6N7O4. The summed E-state index contributed by atoms with van der Waals surface area (Å²) in [5.41, 5.74) is 5.72. The van der Waals surface area contributed by atoms with Crippen LogP contribution in [0.1, 0.15) is 5.82 Å². The Morgan fingerprint density at radius 2 is 1.38 bits per heavy atom. The van der Waals surface area contributed by atoms with Crippen LogP contribution in [-0.2, 0) is 9.59 Å². The first-order valence-corrected chi connectivity index (χ1v) is 13.1. The highest BCUT2D eigenvalue weighted by Crippen LogP contribution is 2.29. The van der Waals surface area contributed by atoms with Gasteiger partial charge in [0.15, 0.2) is 0 Å². The summed E-state index contributed by atoms with van der Waals surface area (Å²) >= 11 is 0. The Bertz CT molecular complexity index is 2010. The maximum absolute atomic E-state index is 10.6. The lowest BCUT2D eigenvalue weighted by molar-refractivity contribution is -0.193. The van der Waals surface area contributed by atoms with Gasteiger partial charge in [-0.2, -0.15) is 31.4 Å². The highest BCUT2D eigenvalue weighted by Gasteiger charge is 2.38. The molecule has 11 nitrogen and oxygen atoms in total. The maximum Gasteiger partial charge on any atom is 0.490 e. The Morgan fingerprint density at radius 3 is 1.98 bits per heavy atom. The molecule has 0 aliphatic rings. The van der Waals surface area contributed by atoms with Crippen molar-refractivity contribution in [3.05, 3.63) is 97.3 Å². The standard InChI is InChI=1S/C26H19N7.2C2HF3O2/c1-17-29-16-33(32-17)22-11-9-21(10-12-22)30-26-28-14-19-6-4-7-23(25(19)31-26)20-13-18-5-2-3-8-24(18)27-15-20;2*3-2(4,5)1(6)7/h2-16H,1H3,(H,28,30,31);2*(H,6,7). The first-order chi connectivity index (χ1) is 22.1. The molecule has 17 heteroatoms. The lowest BCUT2D eigenvalue weighted by Crippen LogP contribution is -2.21. The fourth-order valence-electron chi connectivity index (χ4n) is 3.86. The van der Waals surface area contributed by atoms with Gasteiger partial charge >= 0.3 is 24.3 Å². The van der Waals surface area contributed by atoms with Gasteiger partial charge in [0.1, 0.15) is 12.2 Å². The zero-order chi connectivity index (χ0) is 34.4. The van der Waals surface area contributed by atoms with Crippen LogP contribution in [0.3, 0.4) is 0 Å². The lowest BCUT2D eigenvalue weighted by atomic mass is 10.0. The number of hydrogen-bond donors (Lipinski definition) is 3. The zero-order valence-corrected chi connectivity index (χ0v) is 23.8. The van der Waals surface area contributed by atoms with Crippen molar-refractivity contribution in [1.82, 2.24) is 29.7 Å². The number of rotatable bonds is 4. The topological polar surface area (TPSA) is 156 Å². The number of pyridine rings is 1. The SMILES string of the molecule is Cc1ncn(-c2ccc(Nc3ncc4cccc(-c5cnc6ccccc6c5)c4n3)cc2)n1.O=C(O)C(F)(F)F.O=C(O)C(F)(F)F. The number of para-hydroxylation sites is 2. The fourth-order valence-corrected chi connectivity index (χ4v) is 3.86. The molecule has 6 rings (SSSR count). The van der Waals surface area contributed by atoms with Crippen molar-refractivity contribution in [2.75, 3.05) is 5.32 Å². The second-order valence-electron chi connectivity index (χ2n) is 9.37. The summed E-state index contributed by atoms with van der Waals surface area (Å²) in [5, 5.41) is 24.0. The van der Waals surface area contributed by atoms with Gasteiger partial charge in [-0.05, 0) is 43.3 Å². The van der Waals surface area contributed by atoms with E-state index in [9.17, 15) is 26.3 Å². The molecule has 0 saturated heterocycles. The summed E-state index contributed by atoms with van der Waals surface area (Å²) in [7, 11) is 0. The van der Waals surface area contributed by atoms with Crippen molar-refractivity contribution in [2.45, 2.75) is 19.3 Å². The minimum absolute atomic E-state index is 0.535. The molecule has 0 amide bonds. The summed E-state index contributed by atoms with van der Waals surface area (Å²) in [4.78, 5) is 35.9. The first-order valence-electron chi connectivity index (χ1n) is 13.1. The van der Waals surface area contributed by atoms with Crippen molar-refractivity contribution < 1.29 is 46.1 Å². The van der Waals surface area contributed by atoms with E-state index >= 15 is 0 Å². The lowest BCUT2D eigenvalue weighted by Gasteiger charge is -2.10. The zero-order valence-electron chi connectivity index (χ0n) is 23.8. The predicted molar refractivity (Wildman–Crippen MR) is 157 cm³/mol. The summed E-state index contributed by atoms with van der Waals surface area (Å²) in [6.07, 6.45) is -4.72. The number of anilines is 2. The minimum Gasteiger partial charge on any atom is -0.475 e. The Balaban J connectivity index is 0.000000301. The molecule has 0 spiro atoms. The van der Waals surface area contributed by atoms with Crippen molar-refractivity contribution in [2.24, 2.45) is 0 Å². The van der Waals surface area contributed by atoms with Crippen molar-refractivity contribution in [3.8, 4) is 16.8 Å². The van der Waals surface area contributed by atoms with E-state index in [1.165, 1.54) is 0 Å². The van der Waals surface area contributed by atoms with Gasteiger partial charge in [0.25, 0.3) is 0 Å². The van der Waals surface area contributed by atoms with E-state index in [4.69, 9.17) is 24.8 Å². The van der Waals surface area contributed by atoms with Gasteiger partial charge < -0.3 is 15.5 Å². The van der Waals surface area contributed by atoms with Gasteiger partial charge in [-0.15, -0.1) is 0 Å². The number of benzene rings is 3. The third kappa shape index (κ3) is 8.96. The van der Waals surface area contributed by atoms with Gasteiger partial charge in [-0.1, -0.05) is 36.4 Å². The van der Waals surface area contributed by atoms with Crippen LogP contribution in [0.5, 0.6) is 0 Å². The summed E-state index contributed by atoms with van der Waals surface area (Å²) in [5.74, 6) is -4.24. The third-order valence-corrected chi connectivity index (χ3v) is 5.99. The quantitative estimate of drug-likeness (QED) is 0.174. The largest absolute Gasteiger partial charge is 0.490 e. The molecule has 0 bridgehead atoms. The number of carboxylic acids is 2. The Labute approximate surface area is 260 Å². The number of halogens is 6. The average Bonchev–Trinajstić information content (AvgIpc) is 3.46. The molecule has 47 heavy (non-hydrogen) atoms. The first kappa shape index (κ1) is 33.8. The number of nitrogens with one attached hydrogen (secondary N) is 1. The molecule has 3 aromatic carbocycles. The van der Waals surface area contributed by atoms with Gasteiger partial charge in [-0.3, -0.25) is 4.98 Å². The molecule has 0 radical (unpaired) electrons. The normalized spacial score (nSPS) is 11.2. The molecule has 0 aliphatic carbocycles. The summed E-state index contributed by atoms with van der Waals surface area (Å²) < 4.78 is 65.2. The average molecular weight is 658 g/mol.